The van der Waals surface area contributed by atoms with E-state index in [1.165, 1.54) is 6.20 Å². The summed E-state index contributed by atoms with van der Waals surface area (Å²) in [6.07, 6.45) is 1.38. The topological polar surface area (TPSA) is 105 Å². The Hall–Kier alpha value is -1.85. The summed E-state index contributed by atoms with van der Waals surface area (Å²) in [5, 5.41) is 20.3. The minimum Gasteiger partial charge on any atom is -0.504 e. The maximum atomic E-state index is 9.26. The Morgan fingerprint density at radius 3 is 3.00 bits per heavy atom. The normalized spacial score (nSPS) is 11.6. The molecule has 0 aliphatic rings. The number of aromatic hydroxyl groups is 1. The van der Waals surface area contributed by atoms with Gasteiger partial charge in [0.25, 0.3) is 0 Å². The SMILES string of the molecule is Cc1ncc(O)c(C/C(N)=N/O)n1. The highest BCUT2D eigenvalue weighted by Crippen LogP contribution is 2.12. The number of aryl methyl sites for hydroxylation is 1. The molecule has 0 aromatic carbocycles. The second kappa shape index (κ2) is 3.70. The predicted molar refractivity (Wildman–Crippen MR) is 45.5 cm³/mol. The molecule has 0 amide bonds. The summed E-state index contributed by atoms with van der Waals surface area (Å²) >= 11 is 0. The highest BCUT2D eigenvalue weighted by atomic mass is 16.4. The van der Waals surface area contributed by atoms with E-state index in [4.69, 9.17) is 10.9 Å². The Kier molecular flexibility index (Phi) is 2.63. The number of oxime groups is 1. The summed E-state index contributed by atoms with van der Waals surface area (Å²) < 4.78 is 0. The summed E-state index contributed by atoms with van der Waals surface area (Å²) in [6.45, 7) is 1.69. The number of rotatable bonds is 2. The van der Waals surface area contributed by atoms with Crippen LogP contribution in [-0.2, 0) is 6.42 Å². The first-order chi connectivity index (χ1) is 6.13. The lowest BCUT2D eigenvalue weighted by Crippen LogP contribution is -2.16. The van der Waals surface area contributed by atoms with E-state index < -0.39 is 0 Å². The fourth-order valence-electron chi connectivity index (χ4n) is 0.848. The van der Waals surface area contributed by atoms with Crippen molar-refractivity contribution in [3.8, 4) is 5.75 Å². The van der Waals surface area contributed by atoms with Crippen LogP contribution in [0.3, 0.4) is 0 Å². The van der Waals surface area contributed by atoms with Gasteiger partial charge in [-0.25, -0.2) is 9.97 Å². The lowest BCUT2D eigenvalue weighted by molar-refractivity contribution is 0.317. The largest absolute Gasteiger partial charge is 0.504 e. The van der Waals surface area contributed by atoms with Crippen molar-refractivity contribution < 1.29 is 10.3 Å². The van der Waals surface area contributed by atoms with E-state index in [2.05, 4.69) is 15.1 Å². The molecule has 0 spiro atoms. The smallest absolute Gasteiger partial charge is 0.155 e. The fourth-order valence-corrected chi connectivity index (χ4v) is 0.848. The Balaban J connectivity index is 2.94. The maximum absolute atomic E-state index is 9.26. The zero-order valence-electron chi connectivity index (χ0n) is 7.10. The minimum atomic E-state index is -0.0581. The lowest BCUT2D eigenvalue weighted by atomic mass is 10.2. The molecule has 1 aromatic heterocycles. The van der Waals surface area contributed by atoms with E-state index in [0.717, 1.165) is 0 Å². The second-order valence-electron chi connectivity index (χ2n) is 2.52. The number of aromatic nitrogens is 2. The minimum absolute atomic E-state index is 0.00611. The van der Waals surface area contributed by atoms with Crippen molar-refractivity contribution >= 4 is 5.84 Å². The van der Waals surface area contributed by atoms with Crippen molar-refractivity contribution in [2.45, 2.75) is 13.3 Å². The third-order valence-corrected chi connectivity index (χ3v) is 1.44. The summed E-state index contributed by atoms with van der Waals surface area (Å²) in [4.78, 5) is 7.70. The highest BCUT2D eigenvalue weighted by molar-refractivity contribution is 5.82. The van der Waals surface area contributed by atoms with Crippen LogP contribution in [-0.4, -0.2) is 26.1 Å². The summed E-state index contributed by atoms with van der Waals surface area (Å²) in [5.74, 6) is 0.462. The van der Waals surface area contributed by atoms with Crippen LogP contribution < -0.4 is 5.73 Å². The molecule has 0 saturated heterocycles. The quantitative estimate of drug-likeness (QED) is 0.254. The lowest BCUT2D eigenvalue weighted by Gasteiger charge is -2.02. The molecule has 4 N–H and O–H groups in total. The van der Waals surface area contributed by atoms with E-state index in [1.807, 2.05) is 0 Å². The number of nitrogens with two attached hydrogens (primary N) is 1. The summed E-state index contributed by atoms with van der Waals surface area (Å²) in [6, 6.07) is 0. The summed E-state index contributed by atoms with van der Waals surface area (Å²) in [7, 11) is 0. The van der Waals surface area contributed by atoms with Gasteiger partial charge in [-0.15, -0.1) is 0 Å². The van der Waals surface area contributed by atoms with Gasteiger partial charge in [0.2, 0.25) is 0 Å². The van der Waals surface area contributed by atoms with Gasteiger partial charge in [0.15, 0.2) is 5.75 Å². The first-order valence-corrected chi connectivity index (χ1v) is 3.61. The fraction of sp³-hybridized carbons (Fsp3) is 0.286. The van der Waals surface area contributed by atoms with Crippen LogP contribution in [0.15, 0.2) is 11.4 Å². The van der Waals surface area contributed by atoms with Gasteiger partial charge in [-0.2, -0.15) is 0 Å². The maximum Gasteiger partial charge on any atom is 0.155 e. The van der Waals surface area contributed by atoms with Gasteiger partial charge < -0.3 is 16.0 Å². The standard InChI is InChI=1S/C7H10N4O2/c1-4-9-3-6(12)5(10-4)2-7(8)11-13/h3,12-13H,2H2,1H3,(H2,8,11). The Morgan fingerprint density at radius 1 is 1.69 bits per heavy atom. The van der Waals surface area contributed by atoms with Crippen LogP contribution in [0, 0.1) is 6.92 Å². The van der Waals surface area contributed by atoms with Gasteiger partial charge >= 0.3 is 0 Å². The molecule has 0 bridgehead atoms. The molecule has 0 radical (unpaired) electrons. The van der Waals surface area contributed by atoms with Crippen LogP contribution in [0.4, 0.5) is 0 Å². The predicted octanol–water partition coefficient (Wildman–Crippen LogP) is -0.220. The van der Waals surface area contributed by atoms with Gasteiger partial charge in [0, 0.05) is 0 Å². The van der Waals surface area contributed by atoms with Gasteiger partial charge in [0.1, 0.15) is 11.7 Å². The van der Waals surface area contributed by atoms with E-state index in [0.29, 0.717) is 11.5 Å². The molecule has 13 heavy (non-hydrogen) atoms. The zero-order valence-corrected chi connectivity index (χ0v) is 7.10. The molecule has 6 heteroatoms. The van der Waals surface area contributed by atoms with Gasteiger partial charge in [-0.1, -0.05) is 5.16 Å². The van der Waals surface area contributed by atoms with Crippen LogP contribution in [0.2, 0.25) is 0 Å². The molecule has 1 aromatic rings. The van der Waals surface area contributed by atoms with Crippen LogP contribution in [0.5, 0.6) is 5.75 Å². The van der Waals surface area contributed by atoms with Crippen molar-refractivity contribution in [3.05, 3.63) is 17.7 Å². The molecule has 1 heterocycles. The average Bonchev–Trinajstić information content (AvgIpc) is 2.11. The van der Waals surface area contributed by atoms with Crippen molar-refractivity contribution in [2.75, 3.05) is 0 Å². The van der Waals surface area contributed by atoms with Crippen molar-refractivity contribution in [3.63, 3.8) is 0 Å². The van der Waals surface area contributed by atoms with Gasteiger partial charge in [-0.05, 0) is 6.92 Å². The third-order valence-electron chi connectivity index (χ3n) is 1.44. The van der Waals surface area contributed by atoms with Crippen LogP contribution >= 0.6 is 0 Å². The molecular formula is C7H10N4O2. The molecule has 0 atom stereocenters. The Morgan fingerprint density at radius 2 is 2.38 bits per heavy atom. The molecule has 0 saturated carbocycles. The second-order valence-corrected chi connectivity index (χ2v) is 2.52. The highest BCUT2D eigenvalue weighted by Gasteiger charge is 2.06. The summed E-state index contributed by atoms with van der Waals surface area (Å²) in [5.41, 5.74) is 5.60. The Bertz CT molecular complexity index is 337. The number of hydrogen-bond acceptors (Lipinski definition) is 5. The van der Waals surface area contributed by atoms with E-state index in [9.17, 15) is 5.11 Å². The van der Waals surface area contributed by atoms with Gasteiger partial charge in [0.05, 0.1) is 18.3 Å². The van der Waals surface area contributed by atoms with E-state index in [-0.39, 0.29) is 18.0 Å². The molecule has 0 fully saturated rings. The molecule has 6 nitrogen and oxygen atoms in total. The molecule has 1 rings (SSSR count). The van der Waals surface area contributed by atoms with Gasteiger partial charge in [-0.3, -0.25) is 0 Å². The molecule has 0 unspecified atom stereocenters. The number of nitrogens with zero attached hydrogens (tertiary/aromatic N) is 3. The first-order valence-electron chi connectivity index (χ1n) is 3.61. The Labute approximate surface area is 74.7 Å². The first kappa shape index (κ1) is 9.24. The number of hydrogen-bond donors (Lipinski definition) is 3. The molecule has 0 aliphatic carbocycles. The molecular weight excluding hydrogens is 172 g/mol. The monoisotopic (exact) mass is 182 g/mol. The molecule has 0 aliphatic heterocycles. The zero-order chi connectivity index (χ0) is 9.84. The van der Waals surface area contributed by atoms with Crippen molar-refractivity contribution in [2.24, 2.45) is 10.9 Å². The van der Waals surface area contributed by atoms with E-state index in [1.54, 1.807) is 6.92 Å². The van der Waals surface area contributed by atoms with Crippen molar-refractivity contribution in [1.29, 1.82) is 0 Å². The average molecular weight is 182 g/mol. The van der Waals surface area contributed by atoms with Crippen molar-refractivity contribution in [1.82, 2.24) is 9.97 Å². The van der Waals surface area contributed by atoms with Crippen LogP contribution in [0.25, 0.3) is 0 Å². The van der Waals surface area contributed by atoms with Crippen LogP contribution in [0.1, 0.15) is 11.5 Å². The molecule has 70 valence electrons. The third kappa shape index (κ3) is 2.29. The number of amidine groups is 1. The van der Waals surface area contributed by atoms with E-state index >= 15 is 0 Å².